The molecule has 1 aromatic carbocycles. The summed E-state index contributed by atoms with van der Waals surface area (Å²) in [6, 6.07) is 7.30. The van der Waals surface area contributed by atoms with Crippen LogP contribution < -0.4 is 0 Å². The predicted molar refractivity (Wildman–Crippen MR) is 89.9 cm³/mol. The molecule has 0 aliphatic heterocycles. The summed E-state index contributed by atoms with van der Waals surface area (Å²) in [5.74, 6) is 0.974. The largest absolute Gasteiger partial charge is 0.275 e. The van der Waals surface area contributed by atoms with Crippen molar-refractivity contribution in [2.24, 2.45) is 0 Å². The standard InChI is InChI=1S/C16H13BrN4O2/c1-9-2-5-15(18-8-9)20-16(17)12-6-11(10-3-4-10)14(21(22)23)7-13(12)19-20/h2,5-8,10H,3-4H2,1H3. The van der Waals surface area contributed by atoms with Crippen LogP contribution in [0, 0.1) is 17.0 Å². The van der Waals surface area contributed by atoms with E-state index >= 15 is 0 Å². The van der Waals surface area contributed by atoms with Crippen LogP contribution in [0.1, 0.15) is 29.9 Å². The van der Waals surface area contributed by atoms with Crippen molar-refractivity contribution in [1.82, 2.24) is 14.8 Å². The van der Waals surface area contributed by atoms with Crippen molar-refractivity contribution in [2.75, 3.05) is 0 Å². The van der Waals surface area contributed by atoms with Crippen LogP contribution in [-0.4, -0.2) is 19.7 Å². The SMILES string of the molecule is Cc1ccc(-n2nc3cc([N+](=O)[O-])c(C4CC4)cc3c2Br)nc1. The highest BCUT2D eigenvalue weighted by atomic mass is 79.9. The Kier molecular flexibility index (Phi) is 3.19. The van der Waals surface area contributed by atoms with Crippen LogP contribution in [-0.2, 0) is 0 Å². The van der Waals surface area contributed by atoms with E-state index in [1.165, 1.54) is 0 Å². The molecule has 1 aliphatic rings. The Hall–Kier alpha value is -2.28. The van der Waals surface area contributed by atoms with E-state index in [1.807, 2.05) is 25.1 Å². The van der Waals surface area contributed by atoms with E-state index < -0.39 is 0 Å². The molecule has 2 heterocycles. The van der Waals surface area contributed by atoms with Crippen LogP contribution in [0.15, 0.2) is 35.1 Å². The molecule has 4 rings (SSSR count). The summed E-state index contributed by atoms with van der Waals surface area (Å²) in [5.41, 5.74) is 2.62. The molecule has 0 atom stereocenters. The molecule has 116 valence electrons. The number of hydrogen-bond acceptors (Lipinski definition) is 4. The van der Waals surface area contributed by atoms with Crippen molar-refractivity contribution in [2.45, 2.75) is 25.7 Å². The highest BCUT2D eigenvalue weighted by Gasteiger charge is 2.32. The van der Waals surface area contributed by atoms with Gasteiger partial charge in [-0.3, -0.25) is 10.1 Å². The van der Waals surface area contributed by atoms with Crippen LogP contribution in [0.5, 0.6) is 0 Å². The number of benzene rings is 1. The third-order valence-corrected chi connectivity index (χ3v) is 4.85. The summed E-state index contributed by atoms with van der Waals surface area (Å²) in [6.45, 7) is 1.97. The quantitative estimate of drug-likeness (QED) is 0.508. The van der Waals surface area contributed by atoms with Gasteiger partial charge in [0.2, 0.25) is 0 Å². The number of hydrogen-bond donors (Lipinski definition) is 0. The summed E-state index contributed by atoms with van der Waals surface area (Å²) in [4.78, 5) is 15.4. The van der Waals surface area contributed by atoms with Crippen molar-refractivity contribution in [1.29, 1.82) is 0 Å². The molecule has 2 aromatic heterocycles. The monoisotopic (exact) mass is 372 g/mol. The Morgan fingerprint density at radius 3 is 2.74 bits per heavy atom. The Balaban J connectivity index is 1.93. The van der Waals surface area contributed by atoms with Gasteiger partial charge in [0.15, 0.2) is 5.82 Å². The van der Waals surface area contributed by atoms with Gasteiger partial charge in [-0.05, 0) is 59.3 Å². The molecule has 1 saturated carbocycles. The molecule has 0 unspecified atom stereocenters. The second-order valence-electron chi connectivity index (χ2n) is 5.86. The summed E-state index contributed by atoms with van der Waals surface area (Å²) in [7, 11) is 0. The molecule has 1 fully saturated rings. The minimum atomic E-state index is -0.315. The predicted octanol–water partition coefficient (Wildman–Crippen LogP) is 4.28. The first kappa shape index (κ1) is 14.3. The van der Waals surface area contributed by atoms with Gasteiger partial charge in [0.25, 0.3) is 5.69 Å². The average Bonchev–Trinajstić information content (AvgIpc) is 3.32. The number of halogens is 1. The third-order valence-electron chi connectivity index (χ3n) is 4.09. The van der Waals surface area contributed by atoms with Gasteiger partial charge < -0.3 is 0 Å². The van der Waals surface area contributed by atoms with Gasteiger partial charge in [-0.1, -0.05) is 6.07 Å². The number of fused-ring (bicyclic) bond motifs is 1. The third kappa shape index (κ3) is 2.41. The number of nitro groups is 1. The fourth-order valence-corrected chi connectivity index (χ4v) is 3.30. The summed E-state index contributed by atoms with van der Waals surface area (Å²) < 4.78 is 2.44. The Labute approximate surface area is 140 Å². The van der Waals surface area contributed by atoms with Gasteiger partial charge in [-0.15, -0.1) is 0 Å². The molecular formula is C16H13BrN4O2. The molecule has 0 saturated heterocycles. The molecule has 0 spiro atoms. The smallest absolute Gasteiger partial charge is 0.258 e. The zero-order valence-corrected chi connectivity index (χ0v) is 13.9. The van der Waals surface area contributed by atoms with E-state index in [4.69, 9.17) is 0 Å². The number of rotatable bonds is 3. The molecule has 6 nitrogen and oxygen atoms in total. The molecule has 0 radical (unpaired) electrons. The number of nitro benzene ring substituents is 1. The first-order valence-corrected chi connectivity index (χ1v) is 8.13. The number of nitrogens with zero attached hydrogens (tertiary/aromatic N) is 4. The van der Waals surface area contributed by atoms with Gasteiger partial charge in [-0.25, -0.2) is 9.67 Å². The molecule has 23 heavy (non-hydrogen) atoms. The topological polar surface area (TPSA) is 73.8 Å². The maximum Gasteiger partial charge on any atom is 0.275 e. The van der Waals surface area contributed by atoms with E-state index in [9.17, 15) is 10.1 Å². The highest BCUT2D eigenvalue weighted by molar-refractivity contribution is 9.10. The van der Waals surface area contributed by atoms with E-state index in [0.29, 0.717) is 17.3 Å². The fourth-order valence-electron chi connectivity index (χ4n) is 2.72. The lowest BCUT2D eigenvalue weighted by Crippen LogP contribution is -1.99. The van der Waals surface area contributed by atoms with Crippen molar-refractivity contribution in [3.63, 3.8) is 0 Å². The molecule has 1 aliphatic carbocycles. The lowest BCUT2D eigenvalue weighted by atomic mass is 10.1. The molecule has 7 heteroatoms. The van der Waals surface area contributed by atoms with Crippen LogP contribution in [0.4, 0.5) is 5.69 Å². The zero-order valence-electron chi connectivity index (χ0n) is 12.4. The van der Waals surface area contributed by atoms with Gasteiger partial charge in [-0.2, -0.15) is 5.10 Å². The maximum absolute atomic E-state index is 11.3. The average molecular weight is 373 g/mol. The molecule has 0 N–H and O–H groups in total. The number of pyridine rings is 1. The van der Waals surface area contributed by atoms with Crippen molar-refractivity contribution in [3.8, 4) is 5.82 Å². The Morgan fingerprint density at radius 1 is 1.35 bits per heavy atom. The minimum Gasteiger partial charge on any atom is -0.258 e. The lowest BCUT2D eigenvalue weighted by Gasteiger charge is -2.02. The Morgan fingerprint density at radius 2 is 2.13 bits per heavy atom. The fraction of sp³-hybridized carbons (Fsp3) is 0.250. The molecular weight excluding hydrogens is 360 g/mol. The summed E-state index contributed by atoms with van der Waals surface area (Å²) in [6.07, 6.45) is 3.79. The highest BCUT2D eigenvalue weighted by Crippen LogP contribution is 2.46. The van der Waals surface area contributed by atoms with Crippen LogP contribution in [0.25, 0.3) is 16.7 Å². The van der Waals surface area contributed by atoms with Crippen LogP contribution >= 0.6 is 15.9 Å². The maximum atomic E-state index is 11.3. The molecule has 3 aromatic rings. The van der Waals surface area contributed by atoms with E-state index in [-0.39, 0.29) is 10.6 Å². The van der Waals surface area contributed by atoms with Gasteiger partial charge in [0.05, 0.1) is 4.92 Å². The van der Waals surface area contributed by atoms with Crippen LogP contribution in [0.3, 0.4) is 0 Å². The van der Waals surface area contributed by atoms with E-state index in [2.05, 4.69) is 26.0 Å². The molecule has 0 amide bonds. The Bertz CT molecular complexity index is 929. The van der Waals surface area contributed by atoms with Crippen molar-refractivity contribution >= 4 is 32.5 Å². The van der Waals surface area contributed by atoms with Crippen molar-refractivity contribution in [3.05, 3.63) is 56.3 Å². The normalized spacial score (nSPS) is 14.3. The van der Waals surface area contributed by atoms with E-state index in [0.717, 1.165) is 34.0 Å². The minimum absolute atomic E-state index is 0.161. The second-order valence-corrected chi connectivity index (χ2v) is 6.61. The summed E-state index contributed by atoms with van der Waals surface area (Å²) >= 11 is 3.56. The van der Waals surface area contributed by atoms with Crippen molar-refractivity contribution < 1.29 is 4.92 Å². The first-order chi connectivity index (χ1) is 11.0. The number of aromatic nitrogens is 3. The zero-order chi connectivity index (χ0) is 16.1. The second kappa shape index (κ2) is 5.13. The lowest BCUT2D eigenvalue weighted by molar-refractivity contribution is -0.385. The van der Waals surface area contributed by atoms with Gasteiger partial charge in [0, 0.05) is 23.2 Å². The number of aryl methyl sites for hydroxylation is 1. The van der Waals surface area contributed by atoms with E-state index in [1.54, 1.807) is 16.9 Å². The summed E-state index contributed by atoms with van der Waals surface area (Å²) in [5, 5.41) is 16.7. The van der Waals surface area contributed by atoms with Gasteiger partial charge >= 0.3 is 0 Å². The van der Waals surface area contributed by atoms with Gasteiger partial charge in [0.1, 0.15) is 10.1 Å². The first-order valence-electron chi connectivity index (χ1n) is 7.34. The van der Waals surface area contributed by atoms with Crippen LogP contribution in [0.2, 0.25) is 0 Å². The molecule has 0 bridgehead atoms.